The number of para-hydroxylation sites is 1. The summed E-state index contributed by atoms with van der Waals surface area (Å²) in [6.07, 6.45) is 9.33. The zero-order chi connectivity index (χ0) is 16.9. The van der Waals surface area contributed by atoms with Crippen molar-refractivity contribution in [1.29, 1.82) is 0 Å². The monoisotopic (exact) mass is 352 g/mol. The van der Waals surface area contributed by atoms with Crippen LogP contribution in [0.15, 0.2) is 40.9 Å². The molecule has 1 fully saturated rings. The van der Waals surface area contributed by atoms with E-state index in [0.29, 0.717) is 11.7 Å². The fourth-order valence-corrected chi connectivity index (χ4v) is 4.92. The number of hydrogen-bond donors (Lipinski definition) is 1. The number of benzene rings is 1. The molecule has 0 amide bonds. The van der Waals surface area contributed by atoms with Crippen LogP contribution in [-0.4, -0.2) is 15.1 Å². The summed E-state index contributed by atoms with van der Waals surface area (Å²) < 4.78 is 6.88. The standard InChI is InChI=1S/C19H20N4OS/c20-19(10-5-11-19)18-22-16(24-23-18)12-6-1-2-7-13(12)17-21-14-8-3-4-9-15(14)25-17/h1-4,8-9,12-13H,5-7,10-11,20H2. The van der Waals surface area contributed by atoms with Gasteiger partial charge in [0.1, 0.15) is 0 Å². The summed E-state index contributed by atoms with van der Waals surface area (Å²) in [5.74, 6) is 1.84. The van der Waals surface area contributed by atoms with E-state index in [9.17, 15) is 0 Å². The molecule has 2 aliphatic carbocycles. The van der Waals surface area contributed by atoms with Gasteiger partial charge in [-0.25, -0.2) is 4.98 Å². The maximum absolute atomic E-state index is 6.35. The van der Waals surface area contributed by atoms with Crippen LogP contribution in [0, 0.1) is 0 Å². The molecule has 2 atom stereocenters. The first-order valence-electron chi connectivity index (χ1n) is 8.86. The van der Waals surface area contributed by atoms with Crippen LogP contribution >= 0.6 is 11.3 Å². The van der Waals surface area contributed by atoms with Crippen molar-refractivity contribution in [1.82, 2.24) is 15.1 Å². The second kappa shape index (κ2) is 5.75. The van der Waals surface area contributed by atoms with Gasteiger partial charge >= 0.3 is 0 Å². The molecule has 0 aliphatic heterocycles. The SMILES string of the molecule is NC1(c2noc(C3CC=CCC3c3nc4ccccc4s3)n2)CCC1. The molecule has 5 rings (SSSR count). The molecule has 5 nitrogen and oxygen atoms in total. The van der Waals surface area contributed by atoms with Gasteiger partial charge in [-0.05, 0) is 44.2 Å². The minimum Gasteiger partial charge on any atom is -0.339 e. The maximum atomic E-state index is 6.35. The smallest absolute Gasteiger partial charge is 0.230 e. The van der Waals surface area contributed by atoms with Gasteiger partial charge in [0.15, 0.2) is 5.82 Å². The maximum Gasteiger partial charge on any atom is 0.230 e. The Kier molecular flexibility index (Phi) is 3.50. The lowest BCUT2D eigenvalue weighted by molar-refractivity contribution is 0.228. The van der Waals surface area contributed by atoms with Gasteiger partial charge in [0.25, 0.3) is 0 Å². The molecule has 0 saturated heterocycles. The molecule has 0 spiro atoms. The van der Waals surface area contributed by atoms with Gasteiger partial charge in [-0.15, -0.1) is 11.3 Å². The van der Waals surface area contributed by atoms with Crippen LogP contribution in [0.4, 0.5) is 0 Å². The average molecular weight is 352 g/mol. The van der Waals surface area contributed by atoms with E-state index >= 15 is 0 Å². The summed E-state index contributed by atoms with van der Waals surface area (Å²) in [4.78, 5) is 9.56. The van der Waals surface area contributed by atoms with E-state index in [4.69, 9.17) is 20.2 Å². The number of hydrogen-bond acceptors (Lipinski definition) is 6. The first-order chi connectivity index (χ1) is 12.2. The lowest BCUT2D eigenvalue weighted by Gasteiger charge is -2.34. The third-order valence-corrected chi connectivity index (χ3v) is 6.68. The van der Waals surface area contributed by atoms with Crippen LogP contribution in [0.2, 0.25) is 0 Å². The Bertz CT molecular complexity index is 907. The van der Waals surface area contributed by atoms with E-state index in [1.165, 1.54) is 4.70 Å². The lowest BCUT2D eigenvalue weighted by atomic mass is 9.77. The molecule has 25 heavy (non-hydrogen) atoms. The van der Waals surface area contributed by atoms with Crippen molar-refractivity contribution in [2.24, 2.45) is 5.73 Å². The topological polar surface area (TPSA) is 77.8 Å². The molecule has 3 aromatic rings. The van der Waals surface area contributed by atoms with E-state index < -0.39 is 0 Å². The van der Waals surface area contributed by atoms with E-state index in [0.717, 1.165) is 42.6 Å². The Morgan fingerprint density at radius 3 is 2.64 bits per heavy atom. The molecule has 2 aliphatic rings. The van der Waals surface area contributed by atoms with Crippen molar-refractivity contribution in [2.75, 3.05) is 0 Å². The van der Waals surface area contributed by atoms with E-state index in [1.54, 1.807) is 11.3 Å². The average Bonchev–Trinajstić information content (AvgIpc) is 3.26. The highest BCUT2D eigenvalue weighted by molar-refractivity contribution is 7.18. The molecular formula is C19H20N4OS. The van der Waals surface area contributed by atoms with Crippen LogP contribution in [0.25, 0.3) is 10.2 Å². The Morgan fingerprint density at radius 2 is 1.88 bits per heavy atom. The summed E-state index contributed by atoms with van der Waals surface area (Å²) in [7, 11) is 0. The van der Waals surface area contributed by atoms with Crippen LogP contribution in [0.5, 0.6) is 0 Å². The number of nitrogens with two attached hydrogens (primary N) is 1. The molecule has 2 unspecified atom stereocenters. The zero-order valence-corrected chi connectivity index (χ0v) is 14.7. The van der Waals surface area contributed by atoms with Gasteiger partial charge < -0.3 is 10.3 Å². The van der Waals surface area contributed by atoms with Crippen LogP contribution < -0.4 is 5.73 Å². The Labute approximate surface area is 150 Å². The zero-order valence-electron chi connectivity index (χ0n) is 13.9. The van der Waals surface area contributed by atoms with Crippen molar-refractivity contribution >= 4 is 21.6 Å². The van der Waals surface area contributed by atoms with Gasteiger partial charge in [-0.1, -0.05) is 29.4 Å². The summed E-state index contributed by atoms with van der Waals surface area (Å²) in [6.45, 7) is 0. The predicted molar refractivity (Wildman–Crippen MR) is 97.5 cm³/mol. The number of nitrogens with zero attached hydrogens (tertiary/aromatic N) is 3. The van der Waals surface area contributed by atoms with E-state index in [-0.39, 0.29) is 17.4 Å². The van der Waals surface area contributed by atoms with Crippen LogP contribution in [0.3, 0.4) is 0 Å². The Morgan fingerprint density at radius 1 is 1.08 bits per heavy atom. The first-order valence-corrected chi connectivity index (χ1v) is 9.68. The number of rotatable bonds is 3. The van der Waals surface area contributed by atoms with Gasteiger partial charge in [0, 0.05) is 5.92 Å². The normalized spacial score (nSPS) is 25.2. The quantitative estimate of drug-likeness (QED) is 0.714. The van der Waals surface area contributed by atoms with Gasteiger partial charge in [0.2, 0.25) is 5.89 Å². The number of aromatic nitrogens is 3. The molecule has 128 valence electrons. The minimum absolute atomic E-state index is 0.176. The minimum atomic E-state index is -0.377. The molecule has 0 radical (unpaired) electrons. The molecule has 2 heterocycles. The second-order valence-corrected chi connectivity index (χ2v) is 8.20. The molecule has 0 bridgehead atoms. The molecule has 1 aromatic carbocycles. The summed E-state index contributed by atoms with van der Waals surface area (Å²) >= 11 is 1.77. The Hall–Kier alpha value is -2.05. The lowest BCUT2D eigenvalue weighted by Crippen LogP contribution is -2.44. The Balaban J connectivity index is 1.49. The van der Waals surface area contributed by atoms with Crippen LogP contribution in [-0.2, 0) is 5.54 Å². The third-order valence-electron chi connectivity index (χ3n) is 5.51. The van der Waals surface area contributed by atoms with E-state index in [1.807, 2.05) is 6.07 Å². The highest BCUT2D eigenvalue weighted by Crippen LogP contribution is 2.44. The third kappa shape index (κ3) is 2.51. The van der Waals surface area contributed by atoms with Gasteiger partial charge in [0.05, 0.1) is 26.7 Å². The van der Waals surface area contributed by atoms with Crippen molar-refractivity contribution in [2.45, 2.75) is 49.5 Å². The number of fused-ring (bicyclic) bond motifs is 1. The highest BCUT2D eigenvalue weighted by Gasteiger charge is 2.40. The van der Waals surface area contributed by atoms with Crippen molar-refractivity contribution in [3.05, 3.63) is 53.1 Å². The highest BCUT2D eigenvalue weighted by atomic mass is 32.1. The van der Waals surface area contributed by atoms with Crippen molar-refractivity contribution in [3.8, 4) is 0 Å². The molecule has 2 aromatic heterocycles. The number of thiazole rings is 1. The predicted octanol–water partition coefficient (Wildman–Crippen LogP) is 4.23. The molecule has 6 heteroatoms. The van der Waals surface area contributed by atoms with Crippen LogP contribution in [0.1, 0.15) is 60.7 Å². The number of allylic oxidation sites excluding steroid dienone is 2. The fourth-order valence-electron chi connectivity index (χ4n) is 3.78. The van der Waals surface area contributed by atoms with Gasteiger partial charge in [-0.3, -0.25) is 0 Å². The van der Waals surface area contributed by atoms with Crippen molar-refractivity contribution < 1.29 is 4.52 Å². The summed E-state index contributed by atoms with van der Waals surface area (Å²) in [5, 5.41) is 5.36. The molecule has 2 N–H and O–H groups in total. The molecular weight excluding hydrogens is 332 g/mol. The molecule has 1 saturated carbocycles. The summed E-state index contributed by atoms with van der Waals surface area (Å²) in [6, 6.07) is 8.30. The van der Waals surface area contributed by atoms with Gasteiger partial charge in [-0.2, -0.15) is 4.98 Å². The van der Waals surface area contributed by atoms with E-state index in [2.05, 4.69) is 35.5 Å². The second-order valence-electron chi connectivity index (χ2n) is 7.14. The largest absolute Gasteiger partial charge is 0.339 e. The summed E-state index contributed by atoms with van der Waals surface area (Å²) in [5.41, 5.74) is 7.04. The van der Waals surface area contributed by atoms with Crippen molar-refractivity contribution in [3.63, 3.8) is 0 Å². The first kappa shape index (κ1) is 15.2. The fraction of sp³-hybridized carbons (Fsp3) is 0.421.